The number of rotatable bonds is 12. The summed E-state index contributed by atoms with van der Waals surface area (Å²) in [6.45, 7) is 6.70. The minimum Gasteiger partial charge on any atom is -0.327 e. The molecule has 0 saturated heterocycles. The molecule has 122 valence electrons. The third-order valence-corrected chi connectivity index (χ3v) is 4.38. The predicted molar refractivity (Wildman–Crippen MR) is 91.5 cm³/mol. The third kappa shape index (κ3) is 7.12. The van der Waals surface area contributed by atoms with Crippen molar-refractivity contribution in [1.29, 1.82) is 0 Å². The Bertz CT molecular complexity index is 355. The first-order chi connectivity index (χ1) is 10.2. The second-order valence-electron chi connectivity index (χ2n) is 6.28. The standard InChI is InChI=1S/C18H35N3/c1-4-7-8-9-10-11-12-16(19)15-17-13-14-21(20-17)18(5-2)6-3/h13-14,16,18H,4-12,15,19H2,1-3H3. The lowest BCUT2D eigenvalue weighted by Gasteiger charge is -2.13. The molecule has 3 nitrogen and oxygen atoms in total. The van der Waals surface area contributed by atoms with Crippen molar-refractivity contribution in [2.75, 3.05) is 0 Å². The fourth-order valence-electron chi connectivity index (χ4n) is 2.91. The Labute approximate surface area is 131 Å². The van der Waals surface area contributed by atoms with Crippen LogP contribution in [0.3, 0.4) is 0 Å². The van der Waals surface area contributed by atoms with Gasteiger partial charge in [-0.3, -0.25) is 4.68 Å². The number of hydrogen-bond acceptors (Lipinski definition) is 2. The van der Waals surface area contributed by atoms with E-state index in [1.165, 1.54) is 38.5 Å². The van der Waals surface area contributed by atoms with Gasteiger partial charge in [0.05, 0.1) is 11.7 Å². The predicted octanol–water partition coefficient (Wildman–Crippen LogP) is 4.86. The van der Waals surface area contributed by atoms with Crippen LogP contribution in [0, 0.1) is 0 Å². The zero-order chi connectivity index (χ0) is 15.5. The monoisotopic (exact) mass is 293 g/mol. The van der Waals surface area contributed by atoms with Gasteiger partial charge in [0.25, 0.3) is 0 Å². The first kappa shape index (κ1) is 18.2. The van der Waals surface area contributed by atoms with Gasteiger partial charge in [0.2, 0.25) is 0 Å². The van der Waals surface area contributed by atoms with E-state index in [9.17, 15) is 0 Å². The van der Waals surface area contributed by atoms with Gasteiger partial charge in [0, 0.05) is 18.7 Å². The Morgan fingerprint density at radius 1 is 1.05 bits per heavy atom. The fourth-order valence-corrected chi connectivity index (χ4v) is 2.91. The van der Waals surface area contributed by atoms with Crippen molar-refractivity contribution < 1.29 is 0 Å². The summed E-state index contributed by atoms with van der Waals surface area (Å²) in [7, 11) is 0. The van der Waals surface area contributed by atoms with Gasteiger partial charge >= 0.3 is 0 Å². The molecule has 0 aliphatic rings. The van der Waals surface area contributed by atoms with Crippen molar-refractivity contribution in [1.82, 2.24) is 9.78 Å². The van der Waals surface area contributed by atoms with Crippen molar-refractivity contribution in [2.45, 2.75) is 97.1 Å². The summed E-state index contributed by atoms with van der Waals surface area (Å²) in [5.41, 5.74) is 7.40. The van der Waals surface area contributed by atoms with E-state index in [4.69, 9.17) is 10.8 Å². The largest absolute Gasteiger partial charge is 0.327 e. The summed E-state index contributed by atoms with van der Waals surface area (Å²) in [6.07, 6.45) is 14.5. The highest BCUT2D eigenvalue weighted by atomic mass is 15.3. The van der Waals surface area contributed by atoms with Gasteiger partial charge in [-0.25, -0.2) is 0 Å². The van der Waals surface area contributed by atoms with Crippen LogP contribution in [0.25, 0.3) is 0 Å². The number of aromatic nitrogens is 2. The molecule has 0 bridgehead atoms. The van der Waals surface area contributed by atoms with Crippen molar-refractivity contribution in [3.8, 4) is 0 Å². The van der Waals surface area contributed by atoms with Gasteiger partial charge in [-0.1, -0.05) is 59.3 Å². The molecule has 1 rings (SSSR count). The van der Waals surface area contributed by atoms with Gasteiger partial charge in [-0.15, -0.1) is 0 Å². The van der Waals surface area contributed by atoms with E-state index in [0.717, 1.165) is 31.4 Å². The summed E-state index contributed by atoms with van der Waals surface area (Å²) in [6, 6.07) is 2.94. The molecule has 1 unspecified atom stereocenters. The highest BCUT2D eigenvalue weighted by molar-refractivity contribution is 5.02. The Kier molecular flexibility index (Phi) is 9.40. The Balaban J connectivity index is 2.23. The molecule has 2 N–H and O–H groups in total. The molecule has 0 aliphatic heterocycles. The van der Waals surface area contributed by atoms with Gasteiger partial charge in [-0.2, -0.15) is 5.10 Å². The maximum absolute atomic E-state index is 6.25. The van der Waals surface area contributed by atoms with Crippen LogP contribution in [0.2, 0.25) is 0 Å². The molecule has 3 heteroatoms. The molecule has 1 heterocycles. The van der Waals surface area contributed by atoms with E-state index in [-0.39, 0.29) is 6.04 Å². The molecule has 0 aromatic carbocycles. The molecular formula is C18H35N3. The van der Waals surface area contributed by atoms with Crippen molar-refractivity contribution >= 4 is 0 Å². The number of hydrogen-bond donors (Lipinski definition) is 1. The Morgan fingerprint density at radius 2 is 1.71 bits per heavy atom. The Hall–Kier alpha value is -0.830. The first-order valence-electron chi connectivity index (χ1n) is 9.00. The first-order valence-corrected chi connectivity index (χ1v) is 9.00. The smallest absolute Gasteiger partial charge is 0.0640 e. The lowest BCUT2D eigenvalue weighted by Crippen LogP contribution is -2.23. The lowest BCUT2D eigenvalue weighted by atomic mass is 10.0. The zero-order valence-electron chi connectivity index (χ0n) is 14.4. The van der Waals surface area contributed by atoms with Crippen LogP contribution in [0.15, 0.2) is 12.3 Å². The van der Waals surface area contributed by atoms with E-state index < -0.39 is 0 Å². The molecule has 0 radical (unpaired) electrons. The quantitative estimate of drug-likeness (QED) is 0.559. The van der Waals surface area contributed by atoms with Crippen LogP contribution < -0.4 is 5.73 Å². The van der Waals surface area contributed by atoms with Crippen LogP contribution in [0.5, 0.6) is 0 Å². The molecular weight excluding hydrogens is 258 g/mol. The van der Waals surface area contributed by atoms with E-state index >= 15 is 0 Å². The molecule has 0 spiro atoms. The minimum atomic E-state index is 0.265. The molecule has 1 aromatic rings. The van der Waals surface area contributed by atoms with Gasteiger partial charge < -0.3 is 5.73 Å². The molecule has 0 saturated carbocycles. The fraction of sp³-hybridized carbons (Fsp3) is 0.833. The molecule has 1 atom stereocenters. The van der Waals surface area contributed by atoms with Gasteiger partial charge in [-0.05, 0) is 25.3 Å². The topological polar surface area (TPSA) is 43.8 Å². The van der Waals surface area contributed by atoms with Crippen LogP contribution in [0.4, 0.5) is 0 Å². The van der Waals surface area contributed by atoms with Crippen LogP contribution >= 0.6 is 0 Å². The second-order valence-corrected chi connectivity index (χ2v) is 6.28. The average Bonchev–Trinajstić information content (AvgIpc) is 2.92. The number of nitrogens with two attached hydrogens (primary N) is 1. The summed E-state index contributed by atoms with van der Waals surface area (Å²) >= 11 is 0. The number of unbranched alkanes of at least 4 members (excludes halogenated alkanes) is 5. The van der Waals surface area contributed by atoms with E-state index in [1.54, 1.807) is 0 Å². The van der Waals surface area contributed by atoms with Crippen LogP contribution in [-0.4, -0.2) is 15.8 Å². The SMILES string of the molecule is CCCCCCCCC(N)Cc1ccn(C(CC)CC)n1. The van der Waals surface area contributed by atoms with E-state index in [2.05, 4.69) is 37.7 Å². The second kappa shape index (κ2) is 10.8. The van der Waals surface area contributed by atoms with Crippen molar-refractivity contribution in [3.63, 3.8) is 0 Å². The average molecular weight is 293 g/mol. The molecule has 0 aliphatic carbocycles. The lowest BCUT2D eigenvalue weighted by molar-refractivity contribution is 0.423. The van der Waals surface area contributed by atoms with E-state index in [1.807, 2.05) is 0 Å². The highest BCUT2D eigenvalue weighted by Crippen LogP contribution is 2.15. The summed E-state index contributed by atoms with van der Waals surface area (Å²) in [5, 5.41) is 4.70. The molecule has 21 heavy (non-hydrogen) atoms. The third-order valence-electron chi connectivity index (χ3n) is 4.38. The van der Waals surface area contributed by atoms with Crippen LogP contribution in [-0.2, 0) is 6.42 Å². The Morgan fingerprint density at radius 3 is 2.38 bits per heavy atom. The van der Waals surface area contributed by atoms with Crippen LogP contribution in [0.1, 0.15) is 90.3 Å². The van der Waals surface area contributed by atoms with Crippen molar-refractivity contribution in [3.05, 3.63) is 18.0 Å². The molecule has 1 aromatic heterocycles. The summed E-state index contributed by atoms with van der Waals surface area (Å²) < 4.78 is 2.12. The summed E-state index contributed by atoms with van der Waals surface area (Å²) in [4.78, 5) is 0. The maximum Gasteiger partial charge on any atom is 0.0640 e. The maximum atomic E-state index is 6.25. The molecule has 0 fully saturated rings. The van der Waals surface area contributed by atoms with Crippen molar-refractivity contribution in [2.24, 2.45) is 5.73 Å². The normalized spacial score (nSPS) is 13.0. The summed E-state index contributed by atoms with van der Waals surface area (Å²) in [5.74, 6) is 0. The number of nitrogens with zero attached hydrogens (tertiary/aromatic N) is 2. The zero-order valence-corrected chi connectivity index (χ0v) is 14.4. The van der Waals surface area contributed by atoms with Gasteiger partial charge in [0.15, 0.2) is 0 Å². The molecule has 0 amide bonds. The van der Waals surface area contributed by atoms with E-state index in [0.29, 0.717) is 6.04 Å². The van der Waals surface area contributed by atoms with Gasteiger partial charge in [0.1, 0.15) is 0 Å². The minimum absolute atomic E-state index is 0.265. The highest BCUT2D eigenvalue weighted by Gasteiger charge is 2.10.